The first-order chi connectivity index (χ1) is 14.7. The van der Waals surface area contributed by atoms with Crippen LogP contribution in [0.5, 0.6) is 0 Å². The lowest BCUT2D eigenvalue weighted by Crippen LogP contribution is -3.19. The Morgan fingerprint density at radius 3 is 2.35 bits per heavy atom. The van der Waals surface area contributed by atoms with Crippen LogP contribution in [-0.4, -0.2) is 50.9 Å². The van der Waals surface area contributed by atoms with E-state index in [0.717, 1.165) is 28.0 Å². The first-order valence-corrected chi connectivity index (χ1v) is 11.2. The van der Waals surface area contributed by atoms with Crippen molar-refractivity contribution in [3.8, 4) is 0 Å². The summed E-state index contributed by atoms with van der Waals surface area (Å²) in [5.41, 5.74) is 0.326. The van der Waals surface area contributed by atoms with Crippen molar-refractivity contribution in [3.05, 3.63) is 70.9 Å². The first-order valence-electron chi connectivity index (χ1n) is 9.71. The molecule has 2 aromatic rings. The summed E-state index contributed by atoms with van der Waals surface area (Å²) >= 11 is 0. The summed E-state index contributed by atoms with van der Waals surface area (Å²) in [4.78, 5) is 13.2. The molecule has 31 heavy (non-hydrogen) atoms. The molecular formula is C21H23F3N3O3S+. The molecular weight excluding hydrogens is 431 g/mol. The van der Waals surface area contributed by atoms with Gasteiger partial charge in [0.15, 0.2) is 23.5 Å². The Morgan fingerprint density at radius 2 is 1.71 bits per heavy atom. The Balaban J connectivity index is 1.58. The van der Waals surface area contributed by atoms with Gasteiger partial charge in [-0.2, -0.15) is 4.31 Å². The fourth-order valence-electron chi connectivity index (χ4n) is 3.32. The second-order valence-corrected chi connectivity index (χ2v) is 9.07. The number of hydrogen-bond donors (Lipinski definition) is 2. The lowest BCUT2D eigenvalue weighted by atomic mass is 10.2. The van der Waals surface area contributed by atoms with E-state index >= 15 is 0 Å². The molecule has 1 atom stereocenters. The van der Waals surface area contributed by atoms with Gasteiger partial charge < -0.3 is 10.2 Å². The number of benzene rings is 2. The maximum atomic E-state index is 13.8. The Hall–Kier alpha value is -2.69. The molecule has 1 saturated heterocycles. The van der Waals surface area contributed by atoms with Gasteiger partial charge in [0, 0.05) is 5.41 Å². The molecule has 0 aromatic heterocycles. The number of nitrogens with zero attached hydrogens (tertiary/aromatic N) is 1. The van der Waals surface area contributed by atoms with Crippen molar-refractivity contribution in [2.24, 2.45) is 0 Å². The van der Waals surface area contributed by atoms with Crippen molar-refractivity contribution < 1.29 is 31.3 Å². The molecule has 10 heteroatoms. The van der Waals surface area contributed by atoms with E-state index in [9.17, 15) is 26.4 Å². The summed E-state index contributed by atoms with van der Waals surface area (Å²) in [6.07, 6.45) is 1.53. The summed E-state index contributed by atoms with van der Waals surface area (Å²) in [6, 6.07) is 10.1. The fourth-order valence-corrected chi connectivity index (χ4v) is 4.52. The van der Waals surface area contributed by atoms with Gasteiger partial charge in [-0.15, -0.1) is 0 Å². The molecule has 2 N–H and O–H groups in total. The normalized spacial score (nSPS) is 17.0. The standard InChI is InChI=1S/C21H22F3N3O3S/c1-15(21(28)25-18-8-7-17(22)19(23)20(18)24)26-10-12-27(13-11-26)31(29,30)14-9-16-5-3-2-4-6-16/h2-9,14-15H,10-13H2,1H3,(H,25,28)/p+1/b14-9+/t15-/m1/s1. The third-order valence-corrected chi connectivity index (χ3v) is 6.82. The van der Waals surface area contributed by atoms with Crippen LogP contribution in [0.4, 0.5) is 18.9 Å². The highest BCUT2D eigenvalue weighted by Crippen LogP contribution is 2.19. The van der Waals surface area contributed by atoms with Crippen molar-refractivity contribution in [3.63, 3.8) is 0 Å². The van der Waals surface area contributed by atoms with Crippen LogP contribution in [0.1, 0.15) is 12.5 Å². The molecule has 1 heterocycles. The molecule has 2 aromatic carbocycles. The van der Waals surface area contributed by atoms with Crippen LogP contribution in [0, 0.1) is 17.5 Å². The average Bonchev–Trinajstić information content (AvgIpc) is 2.78. The van der Waals surface area contributed by atoms with Gasteiger partial charge in [0.2, 0.25) is 10.0 Å². The van der Waals surface area contributed by atoms with Crippen LogP contribution < -0.4 is 10.2 Å². The third kappa shape index (κ3) is 5.52. The van der Waals surface area contributed by atoms with Crippen LogP contribution in [-0.2, 0) is 14.8 Å². The van der Waals surface area contributed by atoms with Crippen molar-refractivity contribution >= 4 is 27.7 Å². The van der Waals surface area contributed by atoms with Crippen molar-refractivity contribution in [2.75, 3.05) is 31.5 Å². The van der Waals surface area contributed by atoms with E-state index in [1.807, 2.05) is 18.2 Å². The topological polar surface area (TPSA) is 70.9 Å². The number of quaternary nitrogens is 1. The SMILES string of the molecule is C[C@H](C(=O)Nc1ccc(F)c(F)c1F)[NH+]1CCN(S(=O)(=O)/C=C/c2ccccc2)CC1. The van der Waals surface area contributed by atoms with Gasteiger partial charge in [-0.25, -0.2) is 21.6 Å². The van der Waals surface area contributed by atoms with E-state index in [1.165, 1.54) is 10.4 Å². The summed E-state index contributed by atoms with van der Waals surface area (Å²) in [5, 5.41) is 3.43. The molecule has 0 aliphatic carbocycles. The van der Waals surface area contributed by atoms with Gasteiger partial charge in [-0.3, -0.25) is 4.79 Å². The van der Waals surface area contributed by atoms with Crippen molar-refractivity contribution in [1.29, 1.82) is 0 Å². The molecule has 1 aliphatic rings. The third-order valence-electron chi connectivity index (χ3n) is 5.26. The fraction of sp³-hybridized carbons (Fsp3) is 0.286. The molecule has 1 amide bonds. The number of hydrogen-bond acceptors (Lipinski definition) is 3. The van der Waals surface area contributed by atoms with E-state index in [0.29, 0.717) is 13.1 Å². The van der Waals surface area contributed by atoms with Crippen LogP contribution in [0.3, 0.4) is 0 Å². The second kappa shape index (κ2) is 9.63. The quantitative estimate of drug-likeness (QED) is 0.652. The first kappa shape index (κ1) is 23.0. The van der Waals surface area contributed by atoms with Crippen LogP contribution in [0.2, 0.25) is 0 Å². The molecule has 3 rings (SSSR count). The summed E-state index contributed by atoms with van der Waals surface area (Å²) in [6.45, 7) is 2.78. The van der Waals surface area contributed by atoms with E-state index < -0.39 is 45.1 Å². The molecule has 1 aliphatic heterocycles. The van der Waals surface area contributed by atoms with Crippen molar-refractivity contribution in [1.82, 2.24) is 4.31 Å². The zero-order chi connectivity index (χ0) is 22.6. The van der Waals surface area contributed by atoms with Crippen LogP contribution in [0.15, 0.2) is 47.9 Å². The number of anilines is 1. The zero-order valence-corrected chi connectivity index (χ0v) is 17.6. The molecule has 166 valence electrons. The summed E-state index contributed by atoms with van der Waals surface area (Å²) in [7, 11) is -3.60. The lowest BCUT2D eigenvalue weighted by Gasteiger charge is -2.33. The number of carbonyl (C=O) groups is 1. The predicted molar refractivity (Wildman–Crippen MR) is 111 cm³/mol. The van der Waals surface area contributed by atoms with Crippen LogP contribution in [0.25, 0.3) is 6.08 Å². The van der Waals surface area contributed by atoms with Gasteiger partial charge in [0.05, 0.1) is 31.9 Å². The van der Waals surface area contributed by atoms with Gasteiger partial charge in [0.25, 0.3) is 5.91 Å². The van der Waals surface area contributed by atoms with Gasteiger partial charge in [0.1, 0.15) is 0 Å². The highest BCUT2D eigenvalue weighted by molar-refractivity contribution is 7.92. The average molecular weight is 454 g/mol. The molecule has 6 nitrogen and oxygen atoms in total. The lowest BCUT2D eigenvalue weighted by molar-refractivity contribution is -0.917. The number of rotatable bonds is 6. The smallest absolute Gasteiger partial charge is 0.282 e. The number of sulfonamides is 1. The Bertz CT molecular complexity index is 1070. The number of carbonyl (C=O) groups excluding carboxylic acids is 1. The Morgan fingerprint density at radius 1 is 1.06 bits per heavy atom. The van der Waals surface area contributed by atoms with Gasteiger partial charge in [-0.1, -0.05) is 30.3 Å². The summed E-state index contributed by atoms with van der Waals surface area (Å²) in [5.74, 6) is -5.02. The van der Waals surface area contributed by atoms with E-state index in [2.05, 4.69) is 5.32 Å². The van der Waals surface area contributed by atoms with E-state index in [4.69, 9.17) is 0 Å². The highest BCUT2D eigenvalue weighted by atomic mass is 32.2. The number of nitrogens with one attached hydrogen (secondary N) is 2. The number of halogens is 3. The molecule has 0 bridgehead atoms. The molecule has 0 unspecified atom stereocenters. The van der Waals surface area contributed by atoms with Gasteiger partial charge >= 0.3 is 0 Å². The minimum Gasteiger partial charge on any atom is -0.323 e. The summed E-state index contributed by atoms with van der Waals surface area (Å²) < 4.78 is 66.6. The van der Waals surface area contributed by atoms with Gasteiger partial charge in [-0.05, 0) is 30.7 Å². The second-order valence-electron chi connectivity index (χ2n) is 7.25. The predicted octanol–water partition coefficient (Wildman–Crippen LogP) is 1.63. The van der Waals surface area contributed by atoms with E-state index in [-0.39, 0.29) is 13.1 Å². The Labute approximate surface area is 179 Å². The molecule has 0 spiro atoms. The monoisotopic (exact) mass is 454 g/mol. The van der Waals surface area contributed by atoms with Crippen molar-refractivity contribution in [2.45, 2.75) is 13.0 Å². The zero-order valence-electron chi connectivity index (χ0n) is 16.8. The maximum absolute atomic E-state index is 13.8. The highest BCUT2D eigenvalue weighted by Gasteiger charge is 2.33. The molecule has 0 saturated carbocycles. The Kier molecular flexibility index (Phi) is 7.14. The number of amides is 1. The van der Waals surface area contributed by atoms with Crippen LogP contribution >= 0.6 is 0 Å². The molecule has 1 fully saturated rings. The molecule has 0 radical (unpaired) electrons. The minimum absolute atomic E-state index is 0.216. The minimum atomic E-state index is -3.60. The van der Waals surface area contributed by atoms with E-state index in [1.54, 1.807) is 19.1 Å². The number of piperazine rings is 1. The largest absolute Gasteiger partial charge is 0.323 e. The maximum Gasteiger partial charge on any atom is 0.282 e.